The van der Waals surface area contributed by atoms with Crippen molar-refractivity contribution < 1.29 is 9.53 Å². The van der Waals surface area contributed by atoms with Crippen LogP contribution in [-0.4, -0.2) is 35.1 Å². The molecule has 0 aromatic heterocycles. The third-order valence-corrected chi connectivity index (χ3v) is 5.32. The summed E-state index contributed by atoms with van der Waals surface area (Å²) in [6.45, 7) is 5.27. The van der Waals surface area contributed by atoms with Gasteiger partial charge in [0.05, 0.1) is 12.1 Å². The minimum atomic E-state index is -0.602. The van der Waals surface area contributed by atoms with E-state index < -0.39 is 5.60 Å². The van der Waals surface area contributed by atoms with Gasteiger partial charge in [-0.3, -0.25) is 4.90 Å². The van der Waals surface area contributed by atoms with Gasteiger partial charge in [0.1, 0.15) is 0 Å². The van der Waals surface area contributed by atoms with Crippen LogP contribution in [0.3, 0.4) is 0 Å². The molecule has 24 heavy (non-hydrogen) atoms. The van der Waals surface area contributed by atoms with Crippen LogP contribution >= 0.6 is 0 Å². The largest absolute Gasteiger partial charge is 0.450 e. The molecule has 0 unspecified atom stereocenters. The Morgan fingerprint density at radius 1 is 1.42 bits per heavy atom. The Kier molecular flexibility index (Phi) is 4.78. The second-order valence-corrected chi connectivity index (χ2v) is 6.97. The summed E-state index contributed by atoms with van der Waals surface area (Å²) in [4.78, 5) is 14.5. The van der Waals surface area contributed by atoms with Crippen LogP contribution in [0.5, 0.6) is 0 Å². The first kappa shape index (κ1) is 16.8. The van der Waals surface area contributed by atoms with Gasteiger partial charge in [-0.25, -0.2) is 4.79 Å². The molecule has 1 fully saturated rings. The Morgan fingerprint density at radius 2 is 2.25 bits per heavy atom. The fraction of sp³-hybridized carbons (Fsp3) is 0.600. The van der Waals surface area contributed by atoms with E-state index in [1.807, 2.05) is 6.92 Å². The molecule has 0 aliphatic carbocycles. The van der Waals surface area contributed by atoms with Gasteiger partial charge in [-0.1, -0.05) is 24.3 Å². The molecule has 0 spiro atoms. The Balaban J connectivity index is 1.94. The summed E-state index contributed by atoms with van der Waals surface area (Å²) in [6.07, 6.45) is 9.22. The van der Waals surface area contributed by atoms with E-state index in [0.29, 0.717) is 12.8 Å². The summed E-state index contributed by atoms with van der Waals surface area (Å²) in [5.74, 6) is 6.16. The first-order valence-corrected chi connectivity index (χ1v) is 8.85. The lowest BCUT2D eigenvalue weighted by Crippen LogP contribution is -2.55. The molecule has 3 heterocycles. The van der Waals surface area contributed by atoms with Gasteiger partial charge >= 0.3 is 5.97 Å². The van der Waals surface area contributed by atoms with Crippen molar-refractivity contribution >= 4 is 5.97 Å². The van der Waals surface area contributed by atoms with Crippen molar-refractivity contribution in [2.45, 2.75) is 70.1 Å². The van der Waals surface area contributed by atoms with E-state index in [9.17, 15) is 4.79 Å². The maximum Gasteiger partial charge on any atom is 0.332 e. The van der Waals surface area contributed by atoms with Crippen molar-refractivity contribution in [1.29, 1.82) is 5.26 Å². The van der Waals surface area contributed by atoms with E-state index >= 15 is 0 Å². The van der Waals surface area contributed by atoms with E-state index in [-0.39, 0.29) is 18.1 Å². The molecule has 3 rings (SSSR count). The Labute approximate surface area is 144 Å². The molecule has 0 amide bonds. The first-order valence-electron chi connectivity index (χ1n) is 8.85. The van der Waals surface area contributed by atoms with Gasteiger partial charge < -0.3 is 4.74 Å². The molecule has 0 bridgehead atoms. The third kappa shape index (κ3) is 2.99. The molecule has 3 aliphatic heterocycles. The van der Waals surface area contributed by atoms with Crippen LogP contribution in [0, 0.1) is 23.2 Å². The Morgan fingerprint density at radius 3 is 3.04 bits per heavy atom. The molecular weight excluding hydrogens is 300 g/mol. The van der Waals surface area contributed by atoms with Crippen molar-refractivity contribution in [3.8, 4) is 17.9 Å². The maximum absolute atomic E-state index is 12.0. The van der Waals surface area contributed by atoms with Gasteiger partial charge in [0, 0.05) is 36.1 Å². The summed E-state index contributed by atoms with van der Waals surface area (Å²) in [5, 5.41) is 8.61. The average Bonchev–Trinajstić information content (AvgIpc) is 2.85. The highest BCUT2D eigenvalue weighted by molar-refractivity contribution is 5.89. The number of rotatable bonds is 2. The van der Waals surface area contributed by atoms with Crippen LogP contribution in [-0.2, 0) is 9.53 Å². The number of nitriles is 1. The third-order valence-electron chi connectivity index (χ3n) is 5.32. The highest BCUT2D eigenvalue weighted by atomic mass is 16.6. The fourth-order valence-electron chi connectivity index (χ4n) is 4.13. The molecule has 0 saturated carbocycles. The normalized spacial score (nSPS) is 32.1. The molecule has 4 nitrogen and oxygen atoms in total. The summed E-state index contributed by atoms with van der Waals surface area (Å²) in [5.41, 5.74) is 1.25. The number of ether oxygens (including phenoxy) is 1. The number of carbonyl (C=O) groups is 1. The fourth-order valence-corrected chi connectivity index (χ4v) is 4.13. The lowest BCUT2D eigenvalue weighted by molar-refractivity contribution is -0.151. The minimum Gasteiger partial charge on any atom is -0.450 e. The topological polar surface area (TPSA) is 53.3 Å². The molecular formula is C20H24N2O2. The summed E-state index contributed by atoms with van der Waals surface area (Å²) in [7, 11) is 0. The zero-order valence-corrected chi connectivity index (χ0v) is 14.5. The molecule has 0 aromatic rings. The quantitative estimate of drug-likeness (QED) is 0.445. The number of piperidine rings is 1. The number of esters is 1. The van der Waals surface area contributed by atoms with Crippen molar-refractivity contribution in [3.05, 3.63) is 23.3 Å². The minimum absolute atomic E-state index is 0.216. The van der Waals surface area contributed by atoms with Gasteiger partial charge in [-0.2, -0.15) is 5.26 Å². The predicted molar refractivity (Wildman–Crippen MR) is 91.7 cm³/mol. The van der Waals surface area contributed by atoms with Crippen LogP contribution in [0.15, 0.2) is 23.3 Å². The van der Waals surface area contributed by atoms with Crippen molar-refractivity contribution in [2.24, 2.45) is 0 Å². The number of hydrogen-bond donors (Lipinski definition) is 0. The molecule has 3 aliphatic rings. The standard InChI is InChI=1S/C20H24N2O2/c1-15-13-16(9-5-3-4-7-11-21)17-14-19(23)24-20(17,2)18-10-6-8-12-22(15)18/h13-15,18H,3-4,6-8,10,12H2,1-2H3/t15-,18+,20-/m0/s1. The monoisotopic (exact) mass is 324 g/mol. The van der Waals surface area contributed by atoms with Crippen LogP contribution < -0.4 is 0 Å². The number of carbonyl (C=O) groups excluding carboxylic acids is 1. The lowest BCUT2D eigenvalue weighted by atomic mass is 9.81. The van der Waals surface area contributed by atoms with Crippen molar-refractivity contribution in [1.82, 2.24) is 4.90 Å². The van der Waals surface area contributed by atoms with Gasteiger partial charge in [0.25, 0.3) is 0 Å². The molecule has 4 heteroatoms. The number of unbranched alkanes of at least 4 members (excludes halogenated alkanes) is 2. The van der Waals surface area contributed by atoms with Crippen LogP contribution in [0.4, 0.5) is 0 Å². The summed E-state index contributed by atoms with van der Waals surface area (Å²) < 4.78 is 5.80. The zero-order valence-electron chi connectivity index (χ0n) is 14.5. The van der Waals surface area contributed by atoms with E-state index in [2.05, 4.69) is 35.8 Å². The molecule has 0 aromatic carbocycles. The van der Waals surface area contributed by atoms with Gasteiger partial charge in [-0.05, 0) is 39.7 Å². The highest BCUT2D eigenvalue weighted by Gasteiger charge is 2.51. The lowest BCUT2D eigenvalue weighted by Gasteiger charge is -2.45. The molecule has 0 N–H and O–H groups in total. The van der Waals surface area contributed by atoms with E-state index in [4.69, 9.17) is 10.00 Å². The second-order valence-electron chi connectivity index (χ2n) is 6.97. The van der Waals surface area contributed by atoms with Crippen LogP contribution in [0.25, 0.3) is 0 Å². The van der Waals surface area contributed by atoms with E-state index in [1.54, 1.807) is 6.08 Å². The SMILES string of the molecule is C[C@H]1C=C(C#CCCCC#N)C2=CC(=O)O[C@]2(C)[C@H]2CCCCN12. The van der Waals surface area contributed by atoms with Gasteiger partial charge in [0.2, 0.25) is 0 Å². The number of fused-ring (bicyclic) bond motifs is 3. The highest BCUT2D eigenvalue weighted by Crippen LogP contribution is 2.44. The van der Waals surface area contributed by atoms with E-state index in [0.717, 1.165) is 30.5 Å². The predicted octanol–water partition coefficient (Wildman–Crippen LogP) is 3.11. The summed E-state index contributed by atoms with van der Waals surface area (Å²) in [6, 6.07) is 2.63. The van der Waals surface area contributed by atoms with Crippen LogP contribution in [0.2, 0.25) is 0 Å². The molecule has 0 radical (unpaired) electrons. The Hall–Kier alpha value is -2.04. The smallest absolute Gasteiger partial charge is 0.332 e. The Bertz CT molecular complexity index is 689. The summed E-state index contributed by atoms with van der Waals surface area (Å²) >= 11 is 0. The van der Waals surface area contributed by atoms with Gasteiger partial charge in [0.15, 0.2) is 5.60 Å². The van der Waals surface area contributed by atoms with Crippen molar-refractivity contribution in [2.75, 3.05) is 6.54 Å². The first-order chi connectivity index (χ1) is 11.6. The molecule has 3 atom stereocenters. The van der Waals surface area contributed by atoms with Crippen LogP contribution in [0.1, 0.15) is 52.4 Å². The molecule has 126 valence electrons. The number of hydrogen-bond acceptors (Lipinski definition) is 4. The number of nitrogens with zero attached hydrogens (tertiary/aromatic N) is 2. The van der Waals surface area contributed by atoms with Crippen molar-refractivity contribution in [3.63, 3.8) is 0 Å². The second kappa shape index (κ2) is 6.83. The zero-order chi connectivity index (χ0) is 17.2. The average molecular weight is 324 g/mol. The van der Waals surface area contributed by atoms with Gasteiger partial charge in [-0.15, -0.1) is 0 Å². The van der Waals surface area contributed by atoms with E-state index in [1.165, 1.54) is 12.8 Å². The molecule has 1 saturated heterocycles. The maximum atomic E-state index is 12.0.